The summed E-state index contributed by atoms with van der Waals surface area (Å²) in [6, 6.07) is 14.4. The van der Waals surface area contributed by atoms with Gasteiger partial charge in [0.25, 0.3) is 5.91 Å². The molecule has 11 heteroatoms. The number of nitrogens with one attached hydrogen (secondary N) is 2. The number of carboxylic acids is 1. The molecule has 208 valence electrons. The van der Waals surface area contributed by atoms with E-state index in [-0.39, 0.29) is 29.0 Å². The first-order chi connectivity index (χ1) is 18.9. The molecule has 1 atom stereocenters. The van der Waals surface area contributed by atoms with Gasteiger partial charge in [-0.3, -0.25) is 24.1 Å². The molecule has 1 unspecified atom stereocenters. The number of ether oxygens (including phenoxy) is 1. The minimum Gasteiger partial charge on any atom is -0.490 e. The van der Waals surface area contributed by atoms with E-state index >= 15 is 0 Å². The van der Waals surface area contributed by atoms with Gasteiger partial charge < -0.3 is 20.5 Å². The second kappa shape index (κ2) is 11.0. The van der Waals surface area contributed by atoms with E-state index in [2.05, 4.69) is 10.6 Å². The molecule has 4 rings (SSSR count). The fourth-order valence-corrected chi connectivity index (χ4v) is 4.31. The molecule has 4 aromatic rings. The first kappa shape index (κ1) is 28.1. The number of carbonyl (C=O) groups is 2. The van der Waals surface area contributed by atoms with Crippen molar-refractivity contribution in [3.63, 3.8) is 0 Å². The van der Waals surface area contributed by atoms with E-state index in [1.807, 2.05) is 39.8 Å². The van der Waals surface area contributed by atoms with Crippen LogP contribution in [-0.2, 0) is 4.79 Å². The van der Waals surface area contributed by atoms with Crippen LogP contribution in [0.5, 0.6) is 5.75 Å². The van der Waals surface area contributed by atoms with Gasteiger partial charge in [0, 0.05) is 28.9 Å². The van der Waals surface area contributed by atoms with Crippen LogP contribution in [0.3, 0.4) is 0 Å². The third-order valence-electron chi connectivity index (χ3n) is 6.19. The number of imidazole rings is 1. The lowest BCUT2D eigenvalue weighted by Gasteiger charge is -2.22. The van der Waals surface area contributed by atoms with E-state index in [9.17, 15) is 24.8 Å². The molecular formula is C29H31N5O6. The van der Waals surface area contributed by atoms with Crippen molar-refractivity contribution in [2.24, 2.45) is 0 Å². The molecule has 0 bridgehead atoms. The number of nitrogens with zero attached hydrogens (tertiary/aromatic N) is 3. The highest BCUT2D eigenvalue weighted by atomic mass is 16.6. The summed E-state index contributed by atoms with van der Waals surface area (Å²) in [6.45, 7) is 7.85. The molecule has 1 amide bonds. The molecule has 0 aliphatic heterocycles. The summed E-state index contributed by atoms with van der Waals surface area (Å²) in [4.78, 5) is 40.6. The van der Waals surface area contributed by atoms with Crippen LogP contribution in [0.15, 0.2) is 60.8 Å². The predicted molar refractivity (Wildman–Crippen MR) is 151 cm³/mol. The molecule has 2 aromatic carbocycles. The highest BCUT2D eigenvalue weighted by Crippen LogP contribution is 2.36. The maximum Gasteiger partial charge on any atom is 0.311 e. The highest BCUT2D eigenvalue weighted by Gasteiger charge is 2.24. The maximum absolute atomic E-state index is 13.3. The Balaban J connectivity index is 1.75. The number of amides is 1. The van der Waals surface area contributed by atoms with Gasteiger partial charge in [0.2, 0.25) is 0 Å². The Morgan fingerprint density at radius 3 is 2.42 bits per heavy atom. The lowest BCUT2D eigenvalue weighted by molar-refractivity contribution is -0.385. The van der Waals surface area contributed by atoms with E-state index < -0.39 is 22.8 Å². The van der Waals surface area contributed by atoms with Crippen molar-refractivity contribution < 1.29 is 24.4 Å². The van der Waals surface area contributed by atoms with Crippen LogP contribution in [0.25, 0.3) is 16.9 Å². The standard InChI is InChI=1S/C29H31N5O6/c1-17-6-8-18(9-7-17)21(16-25(35)36)30-28(37)20-12-13-33-24(15-20)31-26(27(33)32-29(2,3)4)19-10-11-23(40-5)22(14-19)34(38)39/h6-15,21,32H,16H2,1-5H3,(H,30,37)(H,35,36). The van der Waals surface area contributed by atoms with E-state index in [1.165, 1.54) is 19.2 Å². The van der Waals surface area contributed by atoms with Gasteiger partial charge in [-0.15, -0.1) is 0 Å². The Morgan fingerprint density at radius 1 is 1.12 bits per heavy atom. The zero-order chi connectivity index (χ0) is 29.2. The summed E-state index contributed by atoms with van der Waals surface area (Å²) in [5, 5.41) is 27.3. The van der Waals surface area contributed by atoms with Gasteiger partial charge in [-0.05, 0) is 57.5 Å². The fourth-order valence-electron chi connectivity index (χ4n) is 4.31. The Kier molecular flexibility index (Phi) is 7.76. The Morgan fingerprint density at radius 2 is 1.82 bits per heavy atom. The minimum absolute atomic E-state index is 0.131. The summed E-state index contributed by atoms with van der Waals surface area (Å²) in [6.07, 6.45) is 1.41. The van der Waals surface area contributed by atoms with E-state index in [4.69, 9.17) is 9.72 Å². The molecule has 0 fully saturated rings. The van der Waals surface area contributed by atoms with Gasteiger partial charge >= 0.3 is 11.7 Å². The molecule has 0 spiro atoms. The van der Waals surface area contributed by atoms with Gasteiger partial charge in [-0.2, -0.15) is 0 Å². The quantitative estimate of drug-likeness (QED) is 0.187. The average molecular weight is 546 g/mol. The van der Waals surface area contributed by atoms with Crippen molar-refractivity contribution in [1.82, 2.24) is 14.7 Å². The van der Waals surface area contributed by atoms with Crippen LogP contribution < -0.4 is 15.4 Å². The maximum atomic E-state index is 13.3. The number of rotatable bonds is 9. The van der Waals surface area contributed by atoms with Crippen LogP contribution >= 0.6 is 0 Å². The molecule has 0 aliphatic rings. The minimum atomic E-state index is -1.04. The number of nitro benzene ring substituents is 1. The highest BCUT2D eigenvalue weighted by molar-refractivity contribution is 5.96. The SMILES string of the molecule is COc1ccc(-c2nc3cc(C(=O)NC(CC(=O)O)c4ccc(C)cc4)ccn3c2NC(C)(C)C)cc1[N+](=O)[O-]. The van der Waals surface area contributed by atoms with Crippen LogP contribution in [-0.4, -0.2) is 43.9 Å². The lowest BCUT2D eigenvalue weighted by Crippen LogP contribution is -2.30. The molecule has 3 N–H and O–H groups in total. The number of carbonyl (C=O) groups excluding carboxylic acids is 1. The van der Waals surface area contributed by atoms with Gasteiger partial charge in [0.1, 0.15) is 17.2 Å². The van der Waals surface area contributed by atoms with Gasteiger partial charge in [0.05, 0.1) is 24.5 Å². The van der Waals surface area contributed by atoms with Gasteiger partial charge in [-0.1, -0.05) is 29.8 Å². The van der Waals surface area contributed by atoms with Gasteiger partial charge in [0.15, 0.2) is 5.75 Å². The van der Waals surface area contributed by atoms with E-state index in [0.717, 1.165) is 5.56 Å². The number of hydrogen-bond donors (Lipinski definition) is 3. The predicted octanol–water partition coefficient (Wildman–Crippen LogP) is 5.38. The second-order valence-electron chi connectivity index (χ2n) is 10.5. The summed E-state index contributed by atoms with van der Waals surface area (Å²) in [7, 11) is 1.37. The van der Waals surface area contributed by atoms with Crippen LogP contribution in [0.2, 0.25) is 0 Å². The molecule has 0 saturated carbocycles. The number of nitro groups is 1. The zero-order valence-electron chi connectivity index (χ0n) is 22.9. The number of pyridine rings is 1. The molecule has 2 aromatic heterocycles. The summed E-state index contributed by atoms with van der Waals surface area (Å²) in [5.74, 6) is -0.765. The Bertz CT molecular complexity index is 1590. The summed E-state index contributed by atoms with van der Waals surface area (Å²) >= 11 is 0. The van der Waals surface area contributed by atoms with Crippen molar-refractivity contribution in [2.75, 3.05) is 12.4 Å². The third-order valence-corrected chi connectivity index (χ3v) is 6.19. The molecule has 0 saturated heterocycles. The first-order valence-electron chi connectivity index (χ1n) is 12.6. The number of aromatic nitrogens is 2. The fraction of sp³-hybridized carbons (Fsp3) is 0.276. The monoisotopic (exact) mass is 545 g/mol. The van der Waals surface area contributed by atoms with E-state index in [1.54, 1.807) is 40.9 Å². The number of aliphatic carboxylic acids is 1. The average Bonchev–Trinajstić information content (AvgIpc) is 3.24. The zero-order valence-corrected chi connectivity index (χ0v) is 22.9. The Hall–Kier alpha value is -4.93. The van der Waals surface area contributed by atoms with Crippen LogP contribution in [0, 0.1) is 17.0 Å². The third kappa shape index (κ3) is 6.20. The summed E-state index contributed by atoms with van der Waals surface area (Å²) < 4.78 is 6.90. The van der Waals surface area contributed by atoms with Crippen molar-refractivity contribution in [3.8, 4) is 17.0 Å². The smallest absolute Gasteiger partial charge is 0.311 e. The van der Waals surface area contributed by atoms with Crippen LogP contribution in [0.4, 0.5) is 11.5 Å². The van der Waals surface area contributed by atoms with Gasteiger partial charge in [-0.25, -0.2) is 4.98 Å². The van der Waals surface area contributed by atoms with Crippen molar-refractivity contribution >= 4 is 29.0 Å². The van der Waals surface area contributed by atoms with Crippen molar-refractivity contribution in [3.05, 3.63) is 87.6 Å². The Labute approximate surface area is 231 Å². The topological polar surface area (TPSA) is 148 Å². The molecular weight excluding hydrogens is 514 g/mol. The summed E-state index contributed by atoms with van der Waals surface area (Å²) in [5.41, 5.74) is 2.80. The number of carboxylic acid groups (broad SMARTS) is 1. The van der Waals surface area contributed by atoms with Crippen molar-refractivity contribution in [1.29, 1.82) is 0 Å². The number of methoxy groups -OCH3 is 1. The number of benzene rings is 2. The van der Waals surface area contributed by atoms with E-state index in [0.29, 0.717) is 28.3 Å². The second-order valence-corrected chi connectivity index (χ2v) is 10.5. The number of anilines is 1. The molecule has 0 aliphatic carbocycles. The molecule has 2 heterocycles. The normalized spacial score (nSPS) is 12.1. The number of fused-ring (bicyclic) bond motifs is 1. The first-order valence-corrected chi connectivity index (χ1v) is 12.6. The van der Waals surface area contributed by atoms with Crippen LogP contribution in [0.1, 0.15) is 54.7 Å². The molecule has 11 nitrogen and oxygen atoms in total. The number of aryl methyl sites for hydroxylation is 1. The lowest BCUT2D eigenvalue weighted by atomic mass is 10.0. The van der Waals surface area contributed by atoms with Crippen molar-refractivity contribution in [2.45, 2.75) is 45.7 Å². The largest absolute Gasteiger partial charge is 0.490 e. The molecule has 0 radical (unpaired) electrons. The molecule has 40 heavy (non-hydrogen) atoms. The number of hydrogen-bond acceptors (Lipinski definition) is 7.